The molecule has 3 aromatic rings. The van der Waals surface area contributed by atoms with Crippen molar-refractivity contribution < 1.29 is 14.3 Å². The van der Waals surface area contributed by atoms with Crippen LogP contribution in [0.5, 0.6) is 11.5 Å². The van der Waals surface area contributed by atoms with Crippen molar-refractivity contribution in [3.05, 3.63) is 71.7 Å². The fourth-order valence-electron chi connectivity index (χ4n) is 4.08. The van der Waals surface area contributed by atoms with Gasteiger partial charge in [-0.1, -0.05) is 12.7 Å². The fourth-order valence-corrected chi connectivity index (χ4v) is 4.08. The lowest BCUT2D eigenvalue weighted by Gasteiger charge is -2.34. The van der Waals surface area contributed by atoms with E-state index in [1.807, 2.05) is 4.90 Å². The standard InChI is InChI=1S/C25H30N4O3/c1-5-14-32-22-7-6-20(16-23(22)31-4)25(30)28-12-10-27(11-13-28)17-21-19(3)26-24-15-18(2)8-9-29(21)24/h5-9,15-16H,1,10-14,17H2,2-4H3. The minimum atomic E-state index is 0.0136. The molecule has 0 aliphatic carbocycles. The van der Waals surface area contributed by atoms with Crippen molar-refractivity contribution in [3.8, 4) is 11.5 Å². The highest BCUT2D eigenvalue weighted by molar-refractivity contribution is 5.95. The highest BCUT2D eigenvalue weighted by Crippen LogP contribution is 2.29. The normalized spacial score (nSPS) is 14.5. The molecule has 1 aliphatic heterocycles. The first-order valence-electron chi connectivity index (χ1n) is 10.9. The van der Waals surface area contributed by atoms with Crippen LogP contribution in [0.25, 0.3) is 5.65 Å². The summed E-state index contributed by atoms with van der Waals surface area (Å²) in [6.07, 6.45) is 3.77. The second-order valence-corrected chi connectivity index (χ2v) is 8.11. The molecular weight excluding hydrogens is 404 g/mol. The van der Waals surface area contributed by atoms with Crippen LogP contribution >= 0.6 is 0 Å². The number of benzene rings is 1. The third kappa shape index (κ3) is 4.48. The fraction of sp³-hybridized carbons (Fsp3) is 0.360. The molecule has 1 aliphatic rings. The number of pyridine rings is 1. The molecule has 2 aromatic heterocycles. The molecule has 0 bridgehead atoms. The largest absolute Gasteiger partial charge is 0.493 e. The quantitative estimate of drug-likeness (QED) is 0.533. The molecule has 0 spiro atoms. The number of piperazine rings is 1. The van der Waals surface area contributed by atoms with E-state index in [4.69, 9.17) is 14.5 Å². The minimum Gasteiger partial charge on any atom is -0.493 e. The van der Waals surface area contributed by atoms with Crippen molar-refractivity contribution in [2.24, 2.45) is 0 Å². The third-order valence-corrected chi connectivity index (χ3v) is 5.88. The Balaban J connectivity index is 1.40. The number of aromatic nitrogens is 2. The van der Waals surface area contributed by atoms with E-state index in [1.165, 1.54) is 11.3 Å². The Hall–Kier alpha value is -3.32. The smallest absolute Gasteiger partial charge is 0.254 e. The molecule has 0 saturated carbocycles. The Bertz CT molecular complexity index is 1130. The van der Waals surface area contributed by atoms with Crippen LogP contribution in [0.4, 0.5) is 0 Å². The number of fused-ring (bicyclic) bond motifs is 1. The van der Waals surface area contributed by atoms with Crippen molar-refractivity contribution >= 4 is 11.6 Å². The molecule has 168 valence electrons. The van der Waals surface area contributed by atoms with Gasteiger partial charge in [-0.15, -0.1) is 0 Å². The van der Waals surface area contributed by atoms with Gasteiger partial charge in [-0.25, -0.2) is 4.98 Å². The summed E-state index contributed by atoms with van der Waals surface area (Å²) in [5.74, 6) is 1.17. The molecule has 3 heterocycles. The summed E-state index contributed by atoms with van der Waals surface area (Å²) >= 11 is 0. The monoisotopic (exact) mass is 434 g/mol. The summed E-state index contributed by atoms with van der Waals surface area (Å²) in [5, 5.41) is 0. The number of methoxy groups -OCH3 is 1. The Morgan fingerprint density at radius 3 is 2.62 bits per heavy atom. The molecule has 1 aromatic carbocycles. The first kappa shape index (κ1) is 21.9. The van der Waals surface area contributed by atoms with Gasteiger partial charge in [0.1, 0.15) is 12.3 Å². The van der Waals surface area contributed by atoms with E-state index in [0.717, 1.165) is 31.0 Å². The number of hydrogen-bond acceptors (Lipinski definition) is 5. The van der Waals surface area contributed by atoms with E-state index in [0.29, 0.717) is 36.8 Å². The SMILES string of the molecule is C=CCOc1ccc(C(=O)N2CCN(Cc3c(C)nc4cc(C)ccn34)CC2)cc1OC. The molecular formula is C25H30N4O3. The number of amides is 1. The van der Waals surface area contributed by atoms with Gasteiger partial charge in [0.15, 0.2) is 11.5 Å². The van der Waals surface area contributed by atoms with E-state index in [9.17, 15) is 4.79 Å². The minimum absolute atomic E-state index is 0.0136. The lowest BCUT2D eigenvalue weighted by molar-refractivity contribution is 0.0626. The molecule has 0 unspecified atom stereocenters. The van der Waals surface area contributed by atoms with Gasteiger partial charge in [0.2, 0.25) is 0 Å². The Kier molecular flexibility index (Phi) is 6.46. The highest BCUT2D eigenvalue weighted by atomic mass is 16.5. The average Bonchev–Trinajstić information content (AvgIpc) is 3.11. The number of nitrogens with zero attached hydrogens (tertiary/aromatic N) is 4. The zero-order valence-electron chi connectivity index (χ0n) is 19.0. The van der Waals surface area contributed by atoms with Crippen molar-refractivity contribution in [1.82, 2.24) is 19.2 Å². The van der Waals surface area contributed by atoms with Crippen LogP contribution < -0.4 is 9.47 Å². The van der Waals surface area contributed by atoms with Gasteiger partial charge < -0.3 is 18.8 Å². The summed E-state index contributed by atoms with van der Waals surface area (Å²) in [6, 6.07) is 9.53. The van der Waals surface area contributed by atoms with Crippen molar-refractivity contribution in [2.45, 2.75) is 20.4 Å². The van der Waals surface area contributed by atoms with Crippen molar-refractivity contribution in [2.75, 3.05) is 39.9 Å². The average molecular weight is 435 g/mol. The van der Waals surface area contributed by atoms with Crippen LogP contribution in [0.2, 0.25) is 0 Å². The van der Waals surface area contributed by atoms with Crippen molar-refractivity contribution in [1.29, 1.82) is 0 Å². The number of carbonyl (C=O) groups excluding carboxylic acids is 1. The maximum Gasteiger partial charge on any atom is 0.254 e. The van der Waals surface area contributed by atoms with Crippen LogP contribution in [0.15, 0.2) is 49.2 Å². The molecule has 1 fully saturated rings. The van der Waals surface area contributed by atoms with Crippen LogP contribution in [-0.2, 0) is 6.54 Å². The first-order chi connectivity index (χ1) is 15.5. The number of carbonyl (C=O) groups is 1. The van der Waals surface area contributed by atoms with Crippen molar-refractivity contribution in [3.63, 3.8) is 0 Å². The zero-order valence-corrected chi connectivity index (χ0v) is 19.0. The van der Waals surface area contributed by atoms with Gasteiger partial charge in [0, 0.05) is 44.5 Å². The van der Waals surface area contributed by atoms with Gasteiger partial charge in [-0.05, 0) is 49.7 Å². The number of rotatable bonds is 7. The molecule has 32 heavy (non-hydrogen) atoms. The van der Waals surface area contributed by atoms with E-state index in [-0.39, 0.29) is 5.91 Å². The van der Waals surface area contributed by atoms with E-state index >= 15 is 0 Å². The molecule has 0 radical (unpaired) electrons. The Labute approximate surface area is 188 Å². The van der Waals surface area contributed by atoms with Crippen LogP contribution in [0.3, 0.4) is 0 Å². The van der Waals surface area contributed by atoms with Gasteiger partial charge in [0.25, 0.3) is 5.91 Å². The summed E-state index contributed by atoms with van der Waals surface area (Å²) in [7, 11) is 1.58. The third-order valence-electron chi connectivity index (χ3n) is 5.88. The maximum atomic E-state index is 13.1. The van der Waals surface area contributed by atoms with Crippen LogP contribution in [0.1, 0.15) is 27.3 Å². The van der Waals surface area contributed by atoms with E-state index in [1.54, 1.807) is 31.4 Å². The second-order valence-electron chi connectivity index (χ2n) is 8.11. The predicted octanol–water partition coefficient (Wildman–Crippen LogP) is 3.48. The predicted molar refractivity (Wildman–Crippen MR) is 125 cm³/mol. The number of aryl methyl sites for hydroxylation is 2. The number of ether oxygens (including phenoxy) is 2. The van der Waals surface area contributed by atoms with E-state index < -0.39 is 0 Å². The lowest BCUT2D eigenvalue weighted by Crippen LogP contribution is -2.48. The Morgan fingerprint density at radius 2 is 1.91 bits per heavy atom. The summed E-state index contributed by atoms with van der Waals surface area (Å²) in [4.78, 5) is 22.1. The number of hydrogen-bond donors (Lipinski definition) is 0. The first-order valence-corrected chi connectivity index (χ1v) is 10.9. The van der Waals surface area contributed by atoms with E-state index in [2.05, 4.69) is 48.1 Å². The van der Waals surface area contributed by atoms with Gasteiger partial charge in [0.05, 0.1) is 18.5 Å². The summed E-state index contributed by atoms with van der Waals surface area (Å²) in [5.41, 5.74) is 5.06. The Morgan fingerprint density at radius 1 is 1.12 bits per heavy atom. The van der Waals surface area contributed by atoms with Crippen LogP contribution in [0, 0.1) is 13.8 Å². The topological polar surface area (TPSA) is 59.3 Å². The summed E-state index contributed by atoms with van der Waals surface area (Å²) < 4.78 is 13.2. The summed E-state index contributed by atoms with van der Waals surface area (Å²) in [6.45, 7) is 12.0. The maximum absolute atomic E-state index is 13.1. The molecule has 7 heteroatoms. The van der Waals surface area contributed by atoms with Gasteiger partial charge >= 0.3 is 0 Å². The molecule has 1 saturated heterocycles. The lowest BCUT2D eigenvalue weighted by atomic mass is 10.1. The van der Waals surface area contributed by atoms with Gasteiger partial charge in [-0.2, -0.15) is 0 Å². The van der Waals surface area contributed by atoms with Gasteiger partial charge in [-0.3, -0.25) is 9.69 Å². The number of imidazole rings is 1. The molecule has 4 rings (SSSR count). The highest BCUT2D eigenvalue weighted by Gasteiger charge is 2.24. The molecule has 0 atom stereocenters. The van der Waals surface area contributed by atoms with Crippen LogP contribution in [-0.4, -0.2) is 65.0 Å². The zero-order chi connectivity index (χ0) is 22.7. The molecule has 1 amide bonds. The second kappa shape index (κ2) is 9.44. The molecule has 0 N–H and O–H groups in total. The molecule has 7 nitrogen and oxygen atoms in total.